The fraction of sp³-hybridized carbons (Fsp3) is 0.133. The number of rotatable bonds is 3. The third-order valence-corrected chi connectivity index (χ3v) is 3.54. The van der Waals surface area contributed by atoms with Crippen LogP contribution >= 0.6 is 11.6 Å². The predicted molar refractivity (Wildman–Crippen MR) is 84.5 cm³/mol. The summed E-state index contributed by atoms with van der Waals surface area (Å²) in [6.45, 7) is 1.75. The Bertz CT molecular complexity index is 822. The van der Waals surface area contributed by atoms with E-state index < -0.39 is 0 Å². The number of aryl methyl sites for hydroxylation is 2. The smallest absolute Gasteiger partial charge is 0.261 e. The second kappa shape index (κ2) is 5.65. The van der Waals surface area contributed by atoms with Gasteiger partial charge in [0.05, 0.1) is 11.4 Å². The summed E-state index contributed by atoms with van der Waals surface area (Å²) in [6.07, 6.45) is 1.75. The van der Waals surface area contributed by atoms with Crippen molar-refractivity contribution < 1.29 is 4.79 Å². The van der Waals surface area contributed by atoms with Gasteiger partial charge in [0.2, 0.25) is 0 Å². The minimum Gasteiger partial charge on any atom is -0.305 e. The summed E-state index contributed by atoms with van der Waals surface area (Å²) in [4.78, 5) is 12.4. The van der Waals surface area contributed by atoms with Crippen LogP contribution in [0.25, 0.3) is 5.69 Å². The topological polar surface area (TPSA) is 64.7 Å². The number of nitrogens with one attached hydrogen (secondary N) is 1. The van der Waals surface area contributed by atoms with E-state index in [1.165, 1.54) is 0 Å². The lowest BCUT2D eigenvalue weighted by Gasteiger charge is -2.03. The Kier molecular flexibility index (Phi) is 3.68. The molecular formula is C15H14ClN5O. The highest BCUT2D eigenvalue weighted by Crippen LogP contribution is 2.24. The van der Waals surface area contributed by atoms with Gasteiger partial charge in [-0.15, -0.1) is 0 Å². The number of benzene rings is 1. The molecule has 0 aliphatic heterocycles. The van der Waals surface area contributed by atoms with Gasteiger partial charge in [-0.05, 0) is 19.1 Å². The third kappa shape index (κ3) is 2.60. The van der Waals surface area contributed by atoms with E-state index in [-0.39, 0.29) is 11.1 Å². The standard InChI is InChI=1S/C15H14ClN5O/c1-10-13(15(22)17-12-8-9-20(2)19-12)14(16)21(18-10)11-6-4-3-5-7-11/h3-9H,1-2H3,(H,17,19,22). The number of amides is 1. The van der Waals surface area contributed by atoms with Crippen molar-refractivity contribution in [1.82, 2.24) is 19.6 Å². The molecule has 2 heterocycles. The van der Waals surface area contributed by atoms with Gasteiger partial charge >= 0.3 is 0 Å². The number of carbonyl (C=O) groups excluding carboxylic acids is 1. The summed E-state index contributed by atoms with van der Waals surface area (Å²) in [6, 6.07) is 11.1. The molecule has 1 N–H and O–H groups in total. The van der Waals surface area contributed by atoms with E-state index >= 15 is 0 Å². The largest absolute Gasteiger partial charge is 0.305 e. The molecule has 112 valence electrons. The molecule has 0 bridgehead atoms. The molecular weight excluding hydrogens is 302 g/mol. The van der Waals surface area contributed by atoms with E-state index in [1.807, 2.05) is 30.3 Å². The minimum atomic E-state index is -0.330. The number of hydrogen-bond acceptors (Lipinski definition) is 3. The SMILES string of the molecule is Cc1nn(-c2ccccc2)c(Cl)c1C(=O)Nc1ccn(C)n1. The highest BCUT2D eigenvalue weighted by molar-refractivity contribution is 6.33. The molecule has 0 saturated heterocycles. The van der Waals surface area contributed by atoms with Gasteiger partial charge in [0, 0.05) is 19.3 Å². The average molecular weight is 316 g/mol. The second-order valence-electron chi connectivity index (χ2n) is 4.83. The first-order chi connectivity index (χ1) is 10.6. The molecule has 1 aromatic carbocycles. The molecule has 0 saturated carbocycles. The van der Waals surface area contributed by atoms with Crippen LogP contribution in [0.1, 0.15) is 16.1 Å². The van der Waals surface area contributed by atoms with E-state index in [2.05, 4.69) is 15.5 Å². The minimum absolute atomic E-state index is 0.275. The van der Waals surface area contributed by atoms with Crippen LogP contribution in [0, 0.1) is 6.92 Å². The number of para-hydroxylation sites is 1. The Morgan fingerprint density at radius 1 is 1.18 bits per heavy atom. The first-order valence-corrected chi connectivity index (χ1v) is 7.05. The van der Waals surface area contributed by atoms with Crippen LogP contribution < -0.4 is 5.32 Å². The van der Waals surface area contributed by atoms with E-state index in [0.717, 1.165) is 5.69 Å². The van der Waals surface area contributed by atoms with Gasteiger partial charge < -0.3 is 5.32 Å². The van der Waals surface area contributed by atoms with Crippen molar-refractivity contribution >= 4 is 23.3 Å². The van der Waals surface area contributed by atoms with Crippen molar-refractivity contribution in [2.24, 2.45) is 7.05 Å². The van der Waals surface area contributed by atoms with Crippen LogP contribution in [0.3, 0.4) is 0 Å². The zero-order valence-corrected chi connectivity index (χ0v) is 12.9. The monoisotopic (exact) mass is 315 g/mol. The molecule has 0 aliphatic carbocycles. The molecule has 2 aromatic heterocycles. The fourth-order valence-corrected chi connectivity index (χ4v) is 2.52. The maximum Gasteiger partial charge on any atom is 0.261 e. The molecule has 6 nitrogen and oxygen atoms in total. The number of hydrogen-bond donors (Lipinski definition) is 1. The van der Waals surface area contributed by atoms with Gasteiger partial charge in [-0.3, -0.25) is 9.48 Å². The molecule has 3 rings (SSSR count). The predicted octanol–water partition coefficient (Wildman–Crippen LogP) is 2.82. The van der Waals surface area contributed by atoms with Crippen molar-refractivity contribution in [1.29, 1.82) is 0 Å². The highest BCUT2D eigenvalue weighted by atomic mass is 35.5. The van der Waals surface area contributed by atoms with Crippen molar-refractivity contribution in [3.05, 3.63) is 59.0 Å². The quantitative estimate of drug-likeness (QED) is 0.808. The number of halogens is 1. The Balaban J connectivity index is 1.94. The van der Waals surface area contributed by atoms with Crippen LogP contribution in [-0.2, 0) is 7.05 Å². The maximum absolute atomic E-state index is 12.4. The lowest BCUT2D eigenvalue weighted by Crippen LogP contribution is -2.13. The van der Waals surface area contributed by atoms with Crippen LogP contribution in [0.4, 0.5) is 5.82 Å². The Morgan fingerprint density at radius 2 is 1.91 bits per heavy atom. The number of aromatic nitrogens is 4. The lowest BCUT2D eigenvalue weighted by molar-refractivity contribution is 0.102. The summed E-state index contributed by atoms with van der Waals surface area (Å²) in [5, 5.41) is 11.5. The average Bonchev–Trinajstić information content (AvgIpc) is 3.03. The van der Waals surface area contributed by atoms with Gasteiger partial charge in [0.1, 0.15) is 10.7 Å². The molecule has 0 aliphatic rings. The lowest BCUT2D eigenvalue weighted by atomic mass is 10.2. The van der Waals surface area contributed by atoms with Gasteiger partial charge in [-0.1, -0.05) is 29.8 Å². The number of carbonyl (C=O) groups is 1. The second-order valence-corrected chi connectivity index (χ2v) is 5.19. The van der Waals surface area contributed by atoms with Crippen molar-refractivity contribution in [3.63, 3.8) is 0 Å². The molecule has 0 unspecified atom stereocenters. The Hall–Kier alpha value is -2.60. The zero-order chi connectivity index (χ0) is 15.7. The summed E-state index contributed by atoms with van der Waals surface area (Å²) in [5.41, 5.74) is 1.70. The first kappa shape index (κ1) is 14.3. The van der Waals surface area contributed by atoms with Gasteiger partial charge in [-0.25, -0.2) is 4.68 Å². The molecule has 0 radical (unpaired) electrons. The number of anilines is 1. The van der Waals surface area contributed by atoms with E-state index in [4.69, 9.17) is 11.6 Å². The van der Waals surface area contributed by atoms with Crippen LogP contribution in [0.5, 0.6) is 0 Å². The van der Waals surface area contributed by atoms with E-state index in [1.54, 1.807) is 35.6 Å². The Labute approximate surface area is 132 Å². The van der Waals surface area contributed by atoms with Crippen LogP contribution in [-0.4, -0.2) is 25.5 Å². The van der Waals surface area contributed by atoms with Gasteiger partial charge in [0.15, 0.2) is 5.82 Å². The molecule has 0 atom stereocenters. The van der Waals surface area contributed by atoms with Crippen molar-refractivity contribution in [3.8, 4) is 5.69 Å². The Morgan fingerprint density at radius 3 is 2.55 bits per heavy atom. The summed E-state index contributed by atoms with van der Waals surface area (Å²) >= 11 is 6.34. The normalized spacial score (nSPS) is 10.7. The summed E-state index contributed by atoms with van der Waals surface area (Å²) < 4.78 is 3.15. The van der Waals surface area contributed by atoms with Crippen LogP contribution in [0.15, 0.2) is 42.6 Å². The third-order valence-electron chi connectivity index (χ3n) is 3.19. The van der Waals surface area contributed by atoms with Gasteiger partial charge in [-0.2, -0.15) is 10.2 Å². The van der Waals surface area contributed by atoms with Crippen molar-refractivity contribution in [2.45, 2.75) is 6.92 Å². The molecule has 0 fully saturated rings. The molecule has 3 aromatic rings. The molecule has 22 heavy (non-hydrogen) atoms. The fourth-order valence-electron chi connectivity index (χ4n) is 2.16. The molecule has 1 amide bonds. The number of nitrogens with zero attached hydrogens (tertiary/aromatic N) is 4. The summed E-state index contributed by atoms with van der Waals surface area (Å²) in [5.74, 6) is 0.138. The van der Waals surface area contributed by atoms with E-state index in [9.17, 15) is 4.79 Å². The van der Waals surface area contributed by atoms with Gasteiger partial charge in [0.25, 0.3) is 5.91 Å². The first-order valence-electron chi connectivity index (χ1n) is 6.68. The zero-order valence-electron chi connectivity index (χ0n) is 12.1. The van der Waals surface area contributed by atoms with Crippen LogP contribution in [0.2, 0.25) is 5.15 Å². The highest BCUT2D eigenvalue weighted by Gasteiger charge is 2.21. The molecule has 7 heteroatoms. The molecule has 0 spiro atoms. The van der Waals surface area contributed by atoms with Crippen molar-refractivity contribution in [2.75, 3.05) is 5.32 Å². The summed E-state index contributed by atoms with van der Waals surface area (Å²) in [7, 11) is 1.78. The van der Waals surface area contributed by atoms with E-state index in [0.29, 0.717) is 17.1 Å². The maximum atomic E-state index is 12.4.